The highest BCUT2D eigenvalue weighted by atomic mass is 16.5. The van der Waals surface area contributed by atoms with Gasteiger partial charge in [0.1, 0.15) is 5.60 Å². The Morgan fingerprint density at radius 1 is 1.21 bits per heavy atom. The second-order valence-electron chi connectivity index (χ2n) is 5.08. The lowest BCUT2D eigenvalue weighted by molar-refractivity contribution is -0.0770. The molecule has 0 aliphatic carbocycles. The van der Waals surface area contributed by atoms with Crippen molar-refractivity contribution in [3.05, 3.63) is 30.1 Å². The van der Waals surface area contributed by atoms with E-state index >= 15 is 0 Å². The summed E-state index contributed by atoms with van der Waals surface area (Å²) in [5.74, 6) is 1.13. The maximum atomic E-state index is 5.81. The van der Waals surface area contributed by atoms with Crippen LogP contribution in [-0.4, -0.2) is 16.7 Å². The highest BCUT2D eigenvalue weighted by Gasteiger charge is 2.35. The molecule has 0 bridgehead atoms. The van der Waals surface area contributed by atoms with Crippen LogP contribution in [0.3, 0.4) is 0 Å². The molecule has 1 aromatic carbocycles. The summed E-state index contributed by atoms with van der Waals surface area (Å²) in [5, 5.41) is 4.07. The van der Waals surface area contributed by atoms with Crippen molar-refractivity contribution in [2.45, 2.75) is 31.8 Å². The Kier molecular flexibility index (Phi) is 2.98. The smallest absolute Gasteiger partial charge is 0.258 e. The summed E-state index contributed by atoms with van der Waals surface area (Å²) < 4.78 is 11.1. The zero-order chi connectivity index (χ0) is 13.3. The largest absolute Gasteiger partial charge is 0.399 e. The van der Waals surface area contributed by atoms with Crippen molar-refractivity contribution < 1.29 is 9.26 Å². The summed E-state index contributed by atoms with van der Waals surface area (Å²) in [4.78, 5) is 4.46. The molecule has 2 heterocycles. The minimum atomic E-state index is -0.423. The monoisotopic (exact) mass is 259 g/mol. The van der Waals surface area contributed by atoms with Crippen LogP contribution in [0, 0.1) is 0 Å². The van der Waals surface area contributed by atoms with Crippen molar-refractivity contribution in [3.8, 4) is 11.5 Å². The molecule has 2 N–H and O–H groups in total. The Morgan fingerprint density at radius 2 is 2.00 bits per heavy atom. The lowest BCUT2D eigenvalue weighted by atomic mass is 9.95. The molecule has 1 saturated heterocycles. The molecule has 1 unspecified atom stereocenters. The van der Waals surface area contributed by atoms with Crippen molar-refractivity contribution in [1.29, 1.82) is 0 Å². The van der Waals surface area contributed by atoms with Gasteiger partial charge in [0.05, 0.1) is 0 Å². The van der Waals surface area contributed by atoms with Crippen LogP contribution >= 0.6 is 0 Å². The van der Waals surface area contributed by atoms with Gasteiger partial charge in [0.2, 0.25) is 5.82 Å². The van der Waals surface area contributed by atoms with Crippen LogP contribution in [0.25, 0.3) is 11.5 Å². The second-order valence-corrected chi connectivity index (χ2v) is 5.08. The van der Waals surface area contributed by atoms with Crippen molar-refractivity contribution in [2.75, 3.05) is 12.3 Å². The van der Waals surface area contributed by atoms with Crippen molar-refractivity contribution in [3.63, 3.8) is 0 Å². The molecule has 0 amide bonds. The quantitative estimate of drug-likeness (QED) is 0.839. The van der Waals surface area contributed by atoms with Gasteiger partial charge in [0.25, 0.3) is 5.89 Å². The van der Waals surface area contributed by atoms with E-state index in [1.165, 1.54) is 0 Å². The first-order chi connectivity index (χ1) is 9.17. The lowest BCUT2D eigenvalue weighted by Gasteiger charge is -2.30. The molecule has 1 atom stereocenters. The summed E-state index contributed by atoms with van der Waals surface area (Å²) in [5.41, 5.74) is 6.82. The van der Waals surface area contributed by atoms with E-state index in [2.05, 4.69) is 10.1 Å². The molecule has 1 aliphatic rings. The van der Waals surface area contributed by atoms with Crippen LogP contribution in [0.4, 0.5) is 5.69 Å². The molecule has 100 valence electrons. The van der Waals surface area contributed by atoms with Crippen molar-refractivity contribution in [1.82, 2.24) is 10.1 Å². The Bertz CT molecular complexity index is 556. The fourth-order valence-electron chi connectivity index (χ4n) is 2.29. The van der Waals surface area contributed by atoms with Gasteiger partial charge < -0.3 is 15.0 Å². The van der Waals surface area contributed by atoms with Crippen LogP contribution in [0.1, 0.15) is 32.0 Å². The van der Waals surface area contributed by atoms with Gasteiger partial charge in [-0.2, -0.15) is 4.98 Å². The highest BCUT2D eigenvalue weighted by Crippen LogP contribution is 2.33. The summed E-state index contributed by atoms with van der Waals surface area (Å²) in [7, 11) is 0. The van der Waals surface area contributed by atoms with E-state index in [0.29, 0.717) is 17.4 Å². The average Bonchev–Trinajstić information content (AvgIpc) is 2.91. The van der Waals surface area contributed by atoms with Gasteiger partial charge in [-0.25, -0.2) is 0 Å². The van der Waals surface area contributed by atoms with E-state index in [4.69, 9.17) is 15.0 Å². The molecule has 0 spiro atoms. The Balaban J connectivity index is 1.88. The molecule has 5 nitrogen and oxygen atoms in total. The number of anilines is 1. The number of nitrogens with zero attached hydrogens (tertiary/aromatic N) is 2. The van der Waals surface area contributed by atoms with Crippen molar-refractivity contribution >= 4 is 5.69 Å². The van der Waals surface area contributed by atoms with E-state index in [1.807, 2.05) is 31.2 Å². The van der Waals surface area contributed by atoms with Gasteiger partial charge in [-0.15, -0.1) is 0 Å². The molecule has 1 aromatic heterocycles. The first-order valence-corrected chi connectivity index (χ1v) is 6.51. The number of hydrogen-bond donors (Lipinski definition) is 1. The number of benzene rings is 1. The van der Waals surface area contributed by atoms with Gasteiger partial charge in [-0.1, -0.05) is 5.16 Å². The predicted octanol–water partition coefficient (Wildman–Crippen LogP) is 2.73. The average molecular weight is 259 g/mol. The molecule has 0 saturated carbocycles. The normalized spacial score (nSPS) is 23.4. The lowest BCUT2D eigenvalue weighted by Crippen LogP contribution is -2.31. The van der Waals surface area contributed by atoms with Gasteiger partial charge >= 0.3 is 0 Å². The Labute approximate surface area is 111 Å². The summed E-state index contributed by atoms with van der Waals surface area (Å²) >= 11 is 0. The van der Waals surface area contributed by atoms with E-state index in [9.17, 15) is 0 Å². The molecule has 3 rings (SSSR count). The fourth-order valence-corrected chi connectivity index (χ4v) is 2.29. The van der Waals surface area contributed by atoms with Crippen LogP contribution in [-0.2, 0) is 10.3 Å². The highest BCUT2D eigenvalue weighted by molar-refractivity contribution is 5.56. The van der Waals surface area contributed by atoms with E-state index in [0.717, 1.165) is 31.4 Å². The van der Waals surface area contributed by atoms with E-state index < -0.39 is 5.60 Å². The van der Waals surface area contributed by atoms with Crippen LogP contribution < -0.4 is 5.73 Å². The topological polar surface area (TPSA) is 74.2 Å². The number of nitrogens with two attached hydrogens (primary N) is 1. The minimum absolute atomic E-state index is 0.423. The zero-order valence-corrected chi connectivity index (χ0v) is 10.9. The third-order valence-corrected chi connectivity index (χ3v) is 3.53. The molecule has 1 fully saturated rings. The summed E-state index contributed by atoms with van der Waals surface area (Å²) in [6, 6.07) is 7.38. The van der Waals surface area contributed by atoms with Crippen molar-refractivity contribution in [2.24, 2.45) is 0 Å². The molecule has 0 radical (unpaired) electrons. The third kappa shape index (κ3) is 2.33. The van der Waals surface area contributed by atoms with Gasteiger partial charge in [-0.3, -0.25) is 0 Å². The maximum Gasteiger partial charge on any atom is 0.258 e. The number of hydrogen-bond acceptors (Lipinski definition) is 5. The van der Waals surface area contributed by atoms with Gasteiger partial charge in [0, 0.05) is 17.9 Å². The zero-order valence-electron chi connectivity index (χ0n) is 10.9. The molecular weight excluding hydrogens is 242 g/mol. The van der Waals surface area contributed by atoms with Crippen LogP contribution in [0.5, 0.6) is 0 Å². The van der Waals surface area contributed by atoms with E-state index in [-0.39, 0.29) is 0 Å². The van der Waals surface area contributed by atoms with Gasteiger partial charge in [-0.05, 0) is 50.5 Å². The number of aromatic nitrogens is 2. The van der Waals surface area contributed by atoms with Gasteiger partial charge in [0.15, 0.2) is 0 Å². The molecule has 19 heavy (non-hydrogen) atoms. The van der Waals surface area contributed by atoms with Crippen LogP contribution in [0.2, 0.25) is 0 Å². The number of nitrogen functional groups attached to an aromatic ring is 1. The first kappa shape index (κ1) is 12.2. The predicted molar refractivity (Wildman–Crippen MR) is 71.3 cm³/mol. The number of rotatable bonds is 2. The fraction of sp³-hybridized carbons (Fsp3) is 0.429. The minimum Gasteiger partial charge on any atom is -0.399 e. The second kappa shape index (κ2) is 4.66. The standard InChI is InChI=1S/C14H17N3O2/c1-14(8-2-3-9-18-14)13-16-12(19-17-13)10-4-6-11(15)7-5-10/h4-7H,2-3,8-9,15H2,1H3. The first-order valence-electron chi connectivity index (χ1n) is 6.51. The number of ether oxygens (including phenoxy) is 1. The summed E-state index contributed by atoms with van der Waals surface area (Å²) in [6.07, 6.45) is 3.15. The van der Waals surface area contributed by atoms with Crippen LogP contribution in [0.15, 0.2) is 28.8 Å². The SMILES string of the molecule is CC1(c2noc(-c3ccc(N)cc3)n2)CCCCO1. The molecule has 1 aliphatic heterocycles. The Morgan fingerprint density at radius 3 is 2.68 bits per heavy atom. The Hall–Kier alpha value is -1.88. The molecule has 5 heteroatoms. The molecular formula is C14H17N3O2. The maximum absolute atomic E-state index is 5.81. The molecule has 2 aromatic rings. The third-order valence-electron chi connectivity index (χ3n) is 3.53. The van der Waals surface area contributed by atoms with E-state index in [1.54, 1.807) is 0 Å². The summed E-state index contributed by atoms with van der Waals surface area (Å²) in [6.45, 7) is 2.77.